The smallest absolute Gasteiger partial charge is 0.349 e. The second-order valence-corrected chi connectivity index (χ2v) is 17.4. The van der Waals surface area contributed by atoms with Crippen molar-refractivity contribution in [3.8, 4) is 0 Å². The minimum atomic E-state index is -0.459. The van der Waals surface area contributed by atoms with E-state index in [-0.39, 0.29) is 57.9 Å². The van der Waals surface area contributed by atoms with E-state index < -0.39 is 11.4 Å². The van der Waals surface area contributed by atoms with Crippen LogP contribution in [0.15, 0.2) is 89.5 Å². The van der Waals surface area contributed by atoms with Crippen molar-refractivity contribution in [3.63, 3.8) is 0 Å². The Morgan fingerprint density at radius 2 is 1.11 bits per heavy atom. The zero-order chi connectivity index (χ0) is 53.4. The number of aryl methyl sites for hydroxylation is 1. The van der Waals surface area contributed by atoms with E-state index >= 15 is 0 Å². The summed E-state index contributed by atoms with van der Waals surface area (Å²) in [5.74, 6) is 2.16. The van der Waals surface area contributed by atoms with Gasteiger partial charge in [0.25, 0.3) is 16.7 Å². The average Bonchev–Trinajstić information content (AvgIpc) is 3.91. The van der Waals surface area contributed by atoms with Crippen LogP contribution >= 0.6 is 0 Å². The molecule has 8 rings (SSSR count). The van der Waals surface area contributed by atoms with E-state index in [1.807, 2.05) is 78.4 Å². The fraction of sp³-hybridized carbons (Fsp3) is 0.422. The summed E-state index contributed by atoms with van der Waals surface area (Å²) in [7, 11) is 0. The van der Waals surface area contributed by atoms with Crippen LogP contribution in [-0.2, 0) is 0 Å². The van der Waals surface area contributed by atoms with Crippen LogP contribution < -0.4 is 56.6 Å². The summed E-state index contributed by atoms with van der Waals surface area (Å²) in [6.45, 7) is 25.3. The molecule has 0 aliphatic rings. The number of anilines is 3. The molecule has 0 aromatic carbocycles. The minimum Gasteiger partial charge on any atom is -0.385 e. The van der Waals surface area contributed by atoms with Gasteiger partial charge in [-0.15, -0.1) is 0 Å². The molecular weight excluding hydrogens is 919 g/mol. The Morgan fingerprint density at radius 1 is 0.549 bits per heavy atom. The molecule has 0 fully saturated rings. The van der Waals surface area contributed by atoms with Gasteiger partial charge in [0.2, 0.25) is 0 Å². The molecule has 8 heterocycles. The van der Waals surface area contributed by atoms with Crippen LogP contribution in [0.2, 0.25) is 0 Å². The van der Waals surface area contributed by atoms with Gasteiger partial charge in [-0.1, -0.05) is 27.7 Å². The highest BCUT2D eigenvalue weighted by atomic mass is 16.2. The monoisotopic (exact) mass is 984 g/mol. The lowest BCUT2D eigenvalue weighted by molar-refractivity contribution is 0.561. The molecule has 0 radical (unpaired) electrons. The normalized spacial score (nSPS) is 10.8. The van der Waals surface area contributed by atoms with Crippen LogP contribution in [-0.4, -0.2) is 78.1 Å². The lowest BCUT2D eigenvalue weighted by atomic mass is 10.1. The maximum atomic E-state index is 11.5. The Bertz CT molecular complexity index is 3350. The highest BCUT2D eigenvalue weighted by Crippen LogP contribution is 2.18. The highest BCUT2D eigenvalue weighted by Gasteiger charge is 2.11. The van der Waals surface area contributed by atoms with Crippen molar-refractivity contribution < 1.29 is 0 Å². The van der Waals surface area contributed by atoms with Crippen molar-refractivity contribution in [1.82, 2.24) is 78.1 Å². The van der Waals surface area contributed by atoms with Gasteiger partial charge < -0.3 is 36.3 Å². The molecule has 26 heteroatoms. The van der Waals surface area contributed by atoms with E-state index in [1.165, 1.54) is 40.1 Å². The van der Waals surface area contributed by atoms with E-state index in [4.69, 9.17) is 17.2 Å². The third-order valence-corrected chi connectivity index (χ3v) is 9.83. The molecule has 0 unspecified atom stereocenters. The molecule has 0 saturated carbocycles. The van der Waals surface area contributed by atoms with Crippen molar-refractivity contribution in [3.05, 3.63) is 146 Å². The first kappa shape index (κ1) is 56.7. The van der Waals surface area contributed by atoms with Gasteiger partial charge in [0.1, 0.15) is 29.3 Å². The number of nitrogens with two attached hydrogens (primary N) is 3. The number of nitrogens with one attached hydrogen (secondary N) is 5. The van der Waals surface area contributed by atoms with Gasteiger partial charge >= 0.3 is 22.8 Å². The number of fused-ring (bicyclic) bond motifs is 2. The summed E-state index contributed by atoms with van der Waals surface area (Å²) in [4.78, 5) is 116. The third-order valence-electron chi connectivity index (χ3n) is 9.83. The van der Waals surface area contributed by atoms with Crippen molar-refractivity contribution in [2.45, 2.75) is 126 Å². The molecule has 0 aliphatic carbocycles. The number of aromatic nitrogens is 16. The predicted octanol–water partition coefficient (Wildman–Crippen LogP) is 3.18. The fourth-order valence-electron chi connectivity index (χ4n) is 6.04. The van der Waals surface area contributed by atoms with E-state index in [0.29, 0.717) is 51.7 Å². The largest absolute Gasteiger partial charge is 0.385 e. The Labute approximate surface area is 406 Å². The summed E-state index contributed by atoms with van der Waals surface area (Å²) >= 11 is 0. The summed E-state index contributed by atoms with van der Waals surface area (Å²) in [6, 6.07) is 3.76. The Balaban J connectivity index is 0.000000226. The lowest BCUT2D eigenvalue weighted by Crippen LogP contribution is -2.29. The van der Waals surface area contributed by atoms with Crippen LogP contribution in [0.1, 0.15) is 136 Å². The van der Waals surface area contributed by atoms with Crippen LogP contribution in [0, 0.1) is 6.92 Å². The number of aromatic amines is 5. The summed E-state index contributed by atoms with van der Waals surface area (Å²) in [5.41, 5.74) is 18.2. The molecule has 0 aliphatic heterocycles. The van der Waals surface area contributed by atoms with E-state index in [0.717, 1.165) is 11.2 Å². The van der Waals surface area contributed by atoms with Gasteiger partial charge in [0.15, 0.2) is 22.6 Å². The predicted molar refractivity (Wildman–Crippen MR) is 274 cm³/mol. The summed E-state index contributed by atoms with van der Waals surface area (Å²) in [5, 5.41) is 0. The molecule has 382 valence electrons. The lowest BCUT2D eigenvalue weighted by Gasteiger charge is -2.07. The number of imidazole rings is 2. The average molecular weight is 984 g/mol. The van der Waals surface area contributed by atoms with E-state index in [1.54, 1.807) is 31.8 Å². The number of hydrogen-bond acceptors (Lipinski definition) is 17. The molecule has 71 heavy (non-hydrogen) atoms. The van der Waals surface area contributed by atoms with Gasteiger partial charge in [0, 0.05) is 66.1 Å². The first-order chi connectivity index (χ1) is 33.2. The van der Waals surface area contributed by atoms with E-state index in [9.17, 15) is 33.6 Å². The van der Waals surface area contributed by atoms with E-state index in [2.05, 4.69) is 73.7 Å². The molecule has 11 N–H and O–H groups in total. The van der Waals surface area contributed by atoms with Gasteiger partial charge in [-0.25, -0.2) is 49.1 Å². The fourth-order valence-corrected chi connectivity index (χ4v) is 6.04. The number of rotatable bonds is 6. The minimum absolute atomic E-state index is 0.0827. The summed E-state index contributed by atoms with van der Waals surface area (Å²) < 4.78 is 6.84. The number of hydrogen-bond donors (Lipinski definition) is 8. The van der Waals surface area contributed by atoms with Crippen molar-refractivity contribution >= 4 is 39.8 Å². The van der Waals surface area contributed by atoms with Crippen LogP contribution in [0.4, 0.5) is 17.5 Å². The van der Waals surface area contributed by atoms with Crippen LogP contribution in [0.5, 0.6) is 0 Å². The molecular formula is C45H65N19O7. The Hall–Kier alpha value is -8.58. The Morgan fingerprint density at radius 3 is 1.63 bits per heavy atom. The second kappa shape index (κ2) is 25.7. The van der Waals surface area contributed by atoms with Gasteiger partial charge in [-0.05, 0) is 80.2 Å². The summed E-state index contributed by atoms with van der Waals surface area (Å²) in [6.07, 6.45) is 10.9. The maximum absolute atomic E-state index is 11.5. The quantitative estimate of drug-likeness (QED) is 0.119. The second-order valence-electron chi connectivity index (χ2n) is 17.4. The molecule has 0 bridgehead atoms. The number of nitrogen functional groups attached to an aromatic ring is 3. The molecule has 0 spiro atoms. The molecule has 8 aromatic rings. The molecule has 26 nitrogen and oxygen atoms in total. The van der Waals surface area contributed by atoms with Crippen molar-refractivity contribution in [2.75, 3.05) is 17.2 Å². The first-order valence-corrected chi connectivity index (χ1v) is 22.4. The molecule has 8 aromatic heterocycles. The van der Waals surface area contributed by atoms with Crippen LogP contribution in [0.3, 0.4) is 0 Å². The standard InChI is InChI=1S/C9H12N4O.C8H11N5.2C7H11N3O.2C7H10N2O2/c1-5(2)13-4-10-7-8(13)11-6(3)12-9(7)14;1-5(2)13-4-12-6-7(9)10-3-11-8(6)13;1-5(2)10-4-3-6(8)9-7(10)11;1-4(2)5-3-9-7(11)10-6(5)8;1-5(2)9-4-3-6(10)8-7(9)11;1-4(2)5-3-8-7(11)9-6(5)10/h4-5H,1-3H3,(H,11,12,14);3-5H,1-2H3,(H2,9,10,11);3-5H,1-2H3,(H2,8,9,11);3-4H,1-2H3,(H3,8,9,10,11);3-5H,1-2H3,(H,8,10,11);3-4H,1-2H3,(H2,8,9,10,11). The number of nitrogens with zero attached hydrogens (tertiary/aromatic N) is 11. The zero-order valence-corrected chi connectivity index (χ0v) is 42.2. The molecule has 0 amide bonds. The van der Waals surface area contributed by atoms with Crippen LogP contribution in [0.25, 0.3) is 22.3 Å². The van der Waals surface area contributed by atoms with Crippen molar-refractivity contribution in [2.24, 2.45) is 0 Å². The number of H-pyrrole nitrogens is 5. The van der Waals surface area contributed by atoms with Gasteiger partial charge in [-0.2, -0.15) is 4.98 Å². The highest BCUT2D eigenvalue weighted by molar-refractivity contribution is 5.81. The first-order valence-electron chi connectivity index (χ1n) is 22.4. The third kappa shape index (κ3) is 16.3. The van der Waals surface area contributed by atoms with Crippen molar-refractivity contribution in [1.29, 1.82) is 0 Å². The molecule has 0 atom stereocenters. The molecule has 0 saturated heterocycles. The maximum Gasteiger partial charge on any atom is 0.349 e. The van der Waals surface area contributed by atoms with Gasteiger partial charge in [0.05, 0.1) is 12.7 Å². The topological polar surface area (TPSA) is 386 Å². The zero-order valence-electron chi connectivity index (χ0n) is 42.2. The Kier molecular flexibility index (Phi) is 20.5. The van der Waals surface area contributed by atoms with Gasteiger partial charge in [-0.3, -0.25) is 38.5 Å². The SMILES string of the molecule is CC(C)c1c[nH]c(=O)[nH]c1=O.CC(C)c1cnc(=O)[nH]c1N.CC(C)n1ccc(=O)[nH]c1=O.CC(C)n1ccc(N)nc1=O.CC(C)n1cnc2c(N)ncnc21.Cc1nc2c(ncn2C(C)C)c(=O)[nH]1.